The van der Waals surface area contributed by atoms with E-state index >= 15 is 0 Å². The fourth-order valence-electron chi connectivity index (χ4n) is 2.35. The predicted octanol–water partition coefficient (Wildman–Crippen LogP) is 1.21. The van der Waals surface area contributed by atoms with E-state index in [2.05, 4.69) is 0 Å². The van der Waals surface area contributed by atoms with Gasteiger partial charge in [-0.1, -0.05) is 13.8 Å². The zero-order chi connectivity index (χ0) is 10.2. The highest BCUT2D eigenvalue weighted by Crippen LogP contribution is 2.52. The van der Waals surface area contributed by atoms with Crippen molar-refractivity contribution in [2.75, 3.05) is 0 Å². The van der Waals surface area contributed by atoms with Gasteiger partial charge in [-0.2, -0.15) is 0 Å². The van der Waals surface area contributed by atoms with Gasteiger partial charge in [0.15, 0.2) is 0 Å². The summed E-state index contributed by atoms with van der Waals surface area (Å²) in [6, 6.07) is 0. The molecule has 1 fully saturated rings. The van der Waals surface area contributed by atoms with Crippen LogP contribution in [0.15, 0.2) is 0 Å². The van der Waals surface area contributed by atoms with E-state index in [1.807, 2.05) is 13.8 Å². The molecule has 0 saturated heterocycles. The van der Waals surface area contributed by atoms with Crippen molar-refractivity contribution in [3.63, 3.8) is 0 Å². The first-order valence-electron chi connectivity index (χ1n) is 4.29. The van der Waals surface area contributed by atoms with E-state index in [0.717, 1.165) is 0 Å². The van der Waals surface area contributed by atoms with Crippen molar-refractivity contribution in [1.82, 2.24) is 0 Å². The molecule has 0 aromatic rings. The Kier molecular flexibility index (Phi) is 2.32. The molecule has 74 valence electrons. The highest BCUT2D eigenvalue weighted by molar-refractivity contribution is 5.75. The van der Waals surface area contributed by atoms with Crippen LogP contribution in [0.3, 0.4) is 0 Å². The number of hydrogen-bond donors (Lipinski definition) is 2. The third kappa shape index (κ3) is 1.82. The molecule has 1 aliphatic carbocycles. The van der Waals surface area contributed by atoms with E-state index < -0.39 is 17.9 Å². The van der Waals surface area contributed by atoms with Gasteiger partial charge in [0.05, 0.1) is 5.92 Å². The lowest BCUT2D eigenvalue weighted by atomic mass is 9.55. The van der Waals surface area contributed by atoms with Gasteiger partial charge in [-0.05, 0) is 17.8 Å². The second kappa shape index (κ2) is 3.01. The Morgan fingerprint density at radius 3 is 2.23 bits per heavy atom. The maximum absolute atomic E-state index is 10.8. The molecule has 1 aliphatic rings. The summed E-state index contributed by atoms with van der Waals surface area (Å²) in [6.07, 6.45) is 0.663. The monoisotopic (exact) mass is 186 g/mol. The van der Waals surface area contributed by atoms with Crippen LogP contribution >= 0.6 is 0 Å². The average Bonchev–Trinajstić information content (AvgIpc) is 1.80. The van der Waals surface area contributed by atoms with E-state index in [-0.39, 0.29) is 17.8 Å². The van der Waals surface area contributed by atoms with Crippen molar-refractivity contribution in [2.45, 2.75) is 26.7 Å². The van der Waals surface area contributed by atoms with Gasteiger partial charge >= 0.3 is 11.9 Å². The van der Waals surface area contributed by atoms with E-state index in [1.54, 1.807) is 0 Å². The van der Waals surface area contributed by atoms with Crippen LogP contribution in [0.2, 0.25) is 0 Å². The summed E-state index contributed by atoms with van der Waals surface area (Å²) in [4.78, 5) is 21.2. The summed E-state index contributed by atoms with van der Waals surface area (Å²) < 4.78 is 0. The minimum Gasteiger partial charge on any atom is -0.481 e. The zero-order valence-corrected chi connectivity index (χ0v) is 7.78. The maximum atomic E-state index is 10.8. The molecule has 2 unspecified atom stereocenters. The third-order valence-corrected chi connectivity index (χ3v) is 2.80. The van der Waals surface area contributed by atoms with Crippen molar-refractivity contribution in [1.29, 1.82) is 0 Å². The Labute approximate surface area is 76.6 Å². The zero-order valence-electron chi connectivity index (χ0n) is 7.78. The Balaban J connectivity index is 2.63. The lowest BCUT2D eigenvalue weighted by molar-refractivity contribution is -0.162. The number of carboxylic acid groups (broad SMARTS) is 2. The predicted molar refractivity (Wildman–Crippen MR) is 45.3 cm³/mol. The van der Waals surface area contributed by atoms with E-state index in [1.165, 1.54) is 0 Å². The van der Waals surface area contributed by atoms with Crippen LogP contribution in [0.25, 0.3) is 0 Å². The number of hydrogen-bond acceptors (Lipinski definition) is 2. The van der Waals surface area contributed by atoms with Gasteiger partial charge in [-0.3, -0.25) is 9.59 Å². The van der Waals surface area contributed by atoms with Gasteiger partial charge in [0, 0.05) is 6.42 Å². The number of carbonyl (C=O) groups is 2. The van der Waals surface area contributed by atoms with Crippen LogP contribution in [-0.2, 0) is 9.59 Å². The molecular weight excluding hydrogens is 172 g/mol. The van der Waals surface area contributed by atoms with Crippen LogP contribution in [0, 0.1) is 17.3 Å². The van der Waals surface area contributed by atoms with Gasteiger partial charge in [-0.25, -0.2) is 0 Å². The SMILES string of the molecule is CC1(C)CC(CC(=O)O)C1C(=O)O. The minimum atomic E-state index is -0.910. The van der Waals surface area contributed by atoms with E-state index in [4.69, 9.17) is 10.2 Å². The van der Waals surface area contributed by atoms with Crippen LogP contribution in [0.4, 0.5) is 0 Å². The standard InChI is InChI=1S/C9H14O4/c1-9(2)4-5(3-6(10)11)7(9)8(12)13/h5,7H,3-4H2,1-2H3,(H,10,11)(H,12,13). The molecule has 0 radical (unpaired) electrons. The molecule has 1 saturated carbocycles. The largest absolute Gasteiger partial charge is 0.481 e. The minimum absolute atomic E-state index is 0.0274. The summed E-state index contributed by atoms with van der Waals surface area (Å²) in [5.41, 5.74) is -0.244. The lowest BCUT2D eigenvalue weighted by Gasteiger charge is -2.48. The van der Waals surface area contributed by atoms with E-state index in [0.29, 0.717) is 6.42 Å². The molecular formula is C9H14O4. The van der Waals surface area contributed by atoms with Gasteiger partial charge in [-0.15, -0.1) is 0 Å². The Morgan fingerprint density at radius 2 is 1.92 bits per heavy atom. The molecule has 0 aliphatic heterocycles. The summed E-state index contributed by atoms with van der Waals surface area (Å²) in [6.45, 7) is 3.73. The van der Waals surface area contributed by atoms with Crippen molar-refractivity contribution in [3.05, 3.63) is 0 Å². The molecule has 0 spiro atoms. The lowest BCUT2D eigenvalue weighted by Crippen LogP contribution is -2.49. The molecule has 4 heteroatoms. The quantitative estimate of drug-likeness (QED) is 0.694. The van der Waals surface area contributed by atoms with Gasteiger partial charge in [0.2, 0.25) is 0 Å². The molecule has 0 amide bonds. The van der Waals surface area contributed by atoms with Crippen molar-refractivity contribution in [3.8, 4) is 0 Å². The molecule has 0 bridgehead atoms. The first kappa shape index (κ1) is 10.0. The average molecular weight is 186 g/mol. The smallest absolute Gasteiger partial charge is 0.307 e. The highest BCUT2D eigenvalue weighted by Gasteiger charge is 2.51. The second-order valence-electron chi connectivity index (χ2n) is 4.37. The summed E-state index contributed by atoms with van der Waals surface area (Å²) >= 11 is 0. The van der Waals surface area contributed by atoms with Gasteiger partial charge in [0.25, 0.3) is 0 Å². The molecule has 13 heavy (non-hydrogen) atoms. The van der Waals surface area contributed by atoms with Crippen LogP contribution in [0.5, 0.6) is 0 Å². The molecule has 1 rings (SSSR count). The van der Waals surface area contributed by atoms with Crippen LogP contribution < -0.4 is 0 Å². The Bertz CT molecular complexity index is 244. The first-order chi connectivity index (χ1) is 5.84. The number of carboxylic acids is 2. The van der Waals surface area contributed by atoms with Gasteiger partial charge < -0.3 is 10.2 Å². The summed E-state index contributed by atoms with van der Waals surface area (Å²) in [5.74, 6) is -2.47. The first-order valence-corrected chi connectivity index (χ1v) is 4.29. The Hall–Kier alpha value is -1.06. The van der Waals surface area contributed by atoms with Crippen LogP contribution in [0.1, 0.15) is 26.7 Å². The number of rotatable bonds is 3. The summed E-state index contributed by atoms with van der Waals surface area (Å²) in [7, 11) is 0. The highest BCUT2D eigenvalue weighted by atomic mass is 16.4. The molecule has 0 aromatic heterocycles. The maximum Gasteiger partial charge on any atom is 0.307 e. The number of aliphatic carboxylic acids is 2. The van der Waals surface area contributed by atoms with Crippen molar-refractivity contribution in [2.24, 2.45) is 17.3 Å². The molecule has 2 atom stereocenters. The van der Waals surface area contributed by atoms with Gasteiger partial charge in [0.1, 0.15) is 0 Å². The van der Waals surface area contributed by atoms with Crippen molar-refractivity contribution < 1.29 is 19.8 Å². The van der Waals surface area contributed by atoms with Crippen LogP contribution in [-0.4, -0.2) is 22.2 Å². The van der Waals surface area contributed by atoms with Crippen molar-refractivity contribution >= 4 is 11.9 Å². The van der Waals surface area contributed by atoms with E-state index in [9.17, 15) is 9.59 Å². The summed E-state index contributed by atoms with van der Waals surface area (Å²) in [5, 5.41) is 17.4. The molecule has 2 N–H and O–H groups in total. The second-order valence-corrected chi connectivity index (χ2v) is 4.37. The molecule has 4 nitrogen and oxygen atoms in total. The third-order valence-electron chi connectivity index (χ3n) is 2.80. The Morgan fingerprint density at radius 1 is 1.38 bits per heavy atom. The molecule has 0 heterocycles. The normalized spacial score (nSPS) is 30.6. The fourth-order valence-corrected chi connectivity index (χ4v) is 2.35. The molecule has 0 aromatic carbocycles. The topological polar surface area (TPSA) is 74.6 Å². The fraction of sp³-hybridized carbons (Fsp3) is 0.778.